The van der Waals surface area contributed by atoms with Crippen LogP contribution >= 0.6 is 0 Å². The van der Waals surface area contributed by atoms with Crippen molar-refractivity contribution in [3.8, 4) is 11.4 Å². The molecule has 1 atom stereocenters. The monoisotopic (exact) mass is 435 g/mol. The average molecular weight is 435 g/mol. The van der Waals surface area contributed by atoms with E-state index in [0.717, 1.165) is 11.1 Å². The molecule has 2 N–H and O–H groups in total. The number of imide groups is 1. The Morgan fingerprint density at radius 2 is 1.97 bits per heavy atom. The SMILES string of the molecule is O=C1CCC(N2Cc3cc(CNc4nc(-c5ccc(F)cc5)no4)ccc3C2=O)C(=O)N1. The number of fused-ring (bicyclic) bond motifs is 1. The topological polar surface area (TPSA) is 117 Å². The summed E-state index contributed by atoms with van der Waals surface area (Å²) in [5.74, 6) is -0.964. The Morgan fingerprint density at radius 1 is 1.16 bits per heavy atom. The zero-order valence-electron chi connectivity index (χ0n) is 16.8. The number of benzene rings is 2. The summed E-state index contributed by atoms with van der Waals surface area (Å²) in [6.45, 7) is 0.689. The number of carbonyl (C=O) groups is 3. The molecule has 2 aliphatic rings. The van der Waals surface area contributed by atoms with Crippen molar-refractivity contribution in [2.45, 2.75) is 32.0 Å². The number of halogens is 1. The molecule has 0 saturated carbocycles. The largest absolute Gasteiger partial charge is 0.334 e. The summed E-state index contributed by atoms with van der Waals surface area (Å²) in [7, 11) is 0. The number of amides is 3. The molecule has 2 aliphatic heterocycles. The Balaban J connectivity index is 1.25. The normalized spacial score (nSPS) is 18.0. The summed E-state index contributed by atoms with van der Waals surface area (Å²) >= 11 is 0. The number of rotatable bonds is 5. The van der Waals surface area contributed by atoms with Crippen molar-refractivity contribution in [3.63, 3.8) is 0 Å². The molecule has 5 rings (SSSR count). The van der Waals surface area contributed by atoms with Crippen LogP contribution in [0.5, 0.6) is 0 Å². The molecule has 3 heterocycles. The van der Waals surface area contributed by atoms with Crippen LogP contribution in [-0.4, -0.2) is 38.8 Å². The van der Waals surface area contributed by atoms with Gasteiger partial charge >= 0.3 is 6.01 Å². The quantitative estimate of drug-likeness (QED) is 0.590. The minimum atomic E-state index is -0.641. The molecule has 0 bridgehead atoms. The standard InChI is InChI=1S/C22H18FN5O4/c23-15-4-2-13(3-5-15)19-26-22(32-27-19)24-10-12-1-6-16-14(9-12)11-28(21(16)31)17-7-8-18(29)25-20(17)30/h1-6,9,17H,7-8,10-11H2,(H,24,26,27)(H,25,29,30). The van der Waals surface area contributed by atoms with Gasteiger partial charge in [0.2, 0.25) is 17.6 Å². The smallest absolute Gasteiger partial charge is 0.322 e. The van der Waals surface area contributed by atoms with Crippen LogP contribution in [-0.2, 0) is 22.7 Å². The average Bonchev–Trinajstić information content (AvgIpc) is 3.38. The van der Waals surface area contributed by atoms with Crippen LogP contribution in [0.1, 0.15) is 34.3 Å². The predicted octanol–water partition coefficient (Wildman–Crippen LogP) is 2.25. The molecule has 10 heteroatoms. The van der Waals surface area contributed by atoms with Crippen molar-refractivity contribution in [2.75, 3.05) is 5.32 Å². The van der Waals surface area contributed by atoms with E-state index in [-0.39, 0.29) is 30.1 Å². The maximum Gasteiger partial charge on any atom is 0.322 e. The Morgan fingerprint density at radius 3 is 2.75 bits per heavy atom. The number of hydrogen-bond acceptors (Lipinski definition) is 7. The van der Waals surface area contributed by atoms with Crippen LogP contribution < -0.4 is 10.6 Å². The van der Waals surface area contributed by atoms with Crippen molar-refractivity contribution >= 4 is 23.7 Å². The van der Waals surface area contributed by atoms with Gasteiger partial charge in [0.1, 0.15) is 11.9 Å². The lowest BCUT2D eigenvalue weighted by molar-refractivity contribution is -0.136. The maximum absolute atomic E-state index is 13.1. The molecule has 1 aromatic heterocycles. The first-order chi connectivity index (χ1) is 15.5. The molecule has 1 saturated heterocycles. The third kappa shape index (κ3) is 3.70. The number of hydrogen-bond donors (Lipinski definition) is 2. The van der Waals surface area contributed by atoms with Gasteiger partial charge in [0.25, 0.3) is 5.91 Å². The van der Waals surface area contributed by atoms with Gasteiger partial charge in [-0.15, -0.1) is 0 Å². The predicted molar refractivity (Wildman–Crippen MR) is 110 cm³/mol. The van der Waals surface area contributed by atoms with Crippen LogP contribution in [0.4, 0.5) is 10.4 Å². The van der Waals surface area contributed by atoms with E-state index in [9.17, 15) is 18.8 Å². The second kappa shape index (κ2) is 7.88. The third-order valence-corrected chi connectivity index (χ3v) is 5.56. The van der Waals surface area contributed by atoms with Gasteiger partial charge in [-0.05, 0) is 47.9 Å². The highest BCUT2D eigenvalue weighted by Gasteiger charge is 2.39. The van der Waals surface area contributed by atoms with Crippen LogP contribution in [0.25, 0.3) is 11.4 Å². The van der Waals surface area contributed by atoms with E-state index in [0.29, 0.717) is 36.5 Å². The molecule has 0 spiro atoms. The van der Waals surface area contributed by atoms with Gasteiger partial charge < -0.3 is 14.7 Å². The fraction of sp³-hybridized carbons (Fsp3) is 0.227. The summed E-state index contributed by atoms with van der Waals surface area (Å²) in [5.41, 5.74) is 2.89. The van der Waals surface area contributed by atoms with Gasteiger partial charge in [-0.2, -0.15) is 4.98 Å². The molecule has 9 nitrogen and oxygen atoms in total. The zero-order valence-corrected chi connectivity index (χ0v) is 16.8. The van der Waals surface area contributed by atoms with Gasteiger partial charge in [-0.25, -0.2) is 4.39 Å². The van der Waals surface area contributed by atoms with Crippen molar-refractivity contribution in [1.82, 2.24) is 20.4 Å². The van der Waals surface area contributed by atoms with E-state index in [1.165, 1.54) is 17.0 Å². The molecule has 32 heavy (non-hydrogen) atoms. The van der Waals surface area contributed by atoms with Crippen LogP contribution in [0.2, 0.25) is 0 Å². The lowest BCUT2D eigenvalue weighted by Crippen LogP contribution is -2.52. The van der Waals surface area contributed by atoms with Crippen LogP contribution in [0, 0.1) is 5.82 Å². The van der Waals surface area contributed by atoms with Crippen LogP contribution in [0.3, 0.4) is 0 Å². The number of carbonyl (C=O) groups excluding carboxylic acids is 3. The van der Waals surface area contributed by atoms with E-state index in [1.807, 2.05) is 12.1 Å². The second-order valence-electron chi connectivity index (χ2n) is 7.68. The first kappa shape index (κ1) is 19.9. The Kier molecular flexibility index (Phi) is 4.89. The summed E-state index contributed by atoms with van der Waals surface area (Å²) in [6, 6.07) is 10.8. The molecular formula is C22H18FN5O4. The van der Waals surface area contributed by atoms with E-state index < -0.39 is 11.9 Å². The van der Waals surface area contributed by atoms with E-state index in [2.05, 4.69) is 20.8 Å². The van der Waals surface area contributed by atoms with E-state index >= 15 is 0 Å². The van der Waals surface area contributed by atoms with E-state index in [4.69, 9.17) is 4.52 Å². The molecule has 3 amide bonds. The fourth-order valence-corrected chi connectivity index (χ4v) is 3.93. The third-order valence-electron chi connectivity index (χ3n) is 5.56. The lowest BCUT2D eigenvalue weighted by Gasteiger charge is -2.29. The summed E-state index contributed by atoms with van der Waals surface area (Å²) in [6.07, 6.45) is 0.544. The molecule has 1 fully saturated rings. The Labute approximate surface area is 181 Å². The van der Waals surface area contributed by atoms with Crippen molar-refractivity contribution in [2.24, 2.45) is 0 Å². The van der Waals surface area contributed by atoms with Gasteiger partial charge in [0.15, 0.2) is 0 Å². The van der Waals surface area contributed by atoms with Crippen molar-refractivity contribution in [3.05, 3.63) is 65.0 Å². The molecular weight excluding hydrogens is 417 g/mol. The molecule has 0 radical (unpaired) electrons. The molecule has 162 valence electrons. The van der Waals surface area contributed by atoms with Crippen molar-refractivity contribution < 1.29 is 23.3 Å². The maximum atomic E-state index is 13.1. The highest BCUT2D eigenvalue weighted by molar-refractivity contribution is 6.05. The number of nitrogens with one attached hydrogen (secondary N) is 2. The lowest BCUT2D eigenvalue weighted by atomic mass is 10.0. The number of anilines is 1. The van der Waals surface area contributed by atoms with Crippen LogP contribution in [0.15, 0.2) is 47.0 Å². The second-order valence-corrected chi connectivity index (χ2v) is 7.68. The first-order valence-corrected chi connectivity index (χ1v) is 10.1. The highest BCUT2D eigenvalue weighted by atomic mass is 19.1. The summed E-state index contributed by atoms with van der Waals surface area (Å²) in [5, 5.41) is 9.22. The Hall–Kier alpha value is -4.08. The molecule has 1 unspecified atom stereocenters. The number of nitrogens with zero attached hydrogens (tertiary/aromatic N) is 3. The van der Waals surface area contributed by atoms with Gasteiger partial charge in [0.05, 0.1) is 0 Å². The Bertz CT molecular complexity index is 1220. The van der Waals surface area contributed by atoms with Gasteiger partial charge in [-0.3, -0.25) is 19.7 Å². The first-order valence-electron chi connectivity index (χ1n) is 10.1. The zero-order chi connectivity index (χ0) is 22.2. The highest BCUT2D eigenvalue weighted by Crippen LogP contribution is 2.28. The number of aromatic nitrogens is 2. The number of piperidine rings is 1. The van der Waals surface area contributed by atoms with Gasteiger partial charge in [0, 0.05) is 30.6 Å². The summed E-state index contributed by atoms with van der Waals surface area (Å²) in [4.78, 5) is 42.1. The van der Waals surface area contributed by atoms with Gasteiger partial charge in [-0.1, -0.05) is 17.3 Å². The molecule has 3 aromatic rings. The minimum absolute atomic E-state index is 0.213. The fourth-order valence-electron chi connectivity index (χ4n) is 3.93. The minimum Gasteiger partial charge on any atom is -0.334 e. The van der Waals surface area contributed by atoms with E-state index in [1.54, 1.807) is 18.2 Å². The summed E-state index contributed by atoms with van der Waals surface area (Å²) < 4.78 is 18.3. The van der Waals surface area contributed by atoms with Crippen molar-refractivity contribution in [1.29, 1.82) is 0 Å². The molecule has 2 aromatic carbocycles. The molecule has 0 aliphatic carbocycles.